The molecule has 0 spiro atoms. The van der Waals surface area contributed by atoms with Crippen LogP contribution in [0.1, 0.15) is 69.5 Å². The van der Waals surface area contributed by atoms with Gasteiger partial charge in [-0.3, -0.25) is 9.59 Å². The summed E-state index contributed by atoms with van der Waals surface area (Å²) in [7, 11) is 0. The molecule has 3 unspecified atom stereocenters. The first-order chi connectivity index (χ1) is 17.4. The monoisotopic (exact) mass is 510 g/mol. The summed E-state index contributed by atoms with van der Waals surface area (Å²) in [6.07, 6.45) is 7.50. The molecule has 0 radical (unpaired) electrons. The highest BCUT2D eigenvalue weighted by Gasteiger charge is 2.42. The molecule has 0 bridgehead atoms. The van der Waals surface area contributed by atoms with Crippen molar-refractivity contribution in [1.82, 2.24) is 10.2 Å². The molecular formula is C29H35ClN2O4. The molecule has 6 nitrogen and oxygen atoms in total. The molecule has 1 saturated heterocycles. The summed E-state index contributed by atoms with van der Waals surface area (Å²) < 4.78 is 11.9. The number of nitrogens with one attached hydrogen (secondary N) is 1. The second kappa shape index (κ2) is 12.3. The number of amides is 2. The van der Waals surface area contributed by atoms with E-state index in [4.69, 9.17) is 21.1 Å². The van der Waals surface area contributed by atoms with E-state index in [1.807, 2.05) is 43.3 Å². The molecule has 2 amide bonds. The zero-order valence-electron chi connectivity index (χ0n) is 21.0. The highest BCUT2D eigenvalue weighted by molar-refractivity contribution is 6.30. The Morgan fingerprint density at radius 2 is 2.00 bits per heavy atom. The van der Waals surface area contributed by atoms with E-state index in [9.17, 15) is 9.59 Å². The van der Waals surface area contributed by atoms with Crippen LogP contribution in [-0.4, -0.2) is 42.0 Å². The number of rotatable bonds is 9. The molecule has 192 valence electrons. The van der Waals surface area contributed by atoms with Crippen molar-refractivity contribution in [2.75, 3.05) is 13.2 Å². The third-order valence-electron chi connectivity index (χ3n) is 6.80. The second-order valence-corrected chi connectivity index (χ2v) is 10.0. The number of morpholine rings is 1. The van der Waals surface area contributed by atoms with Gasteiger partial charge in [-0.1, -0.05) is 55.6 Å². The molecule has 1 aliphatic heterocycles. The number of nitrogens with zero attached hydrogens (tertiary/aromatic N) is 1. The Kier molecular flexibility index (Phi) is 8.92. The molecule has 36 heavy (non-hydrogen) atoms. The Balaban J connectivity index is 1.43. The van der Waals surface area contributed by atoms with Gasteiger partial charge < -0.3 is 19.7 Å². The van der Waals surface area contributed by atoms with Crippen LogP contribution in [0, 0.1) is 0 Å². The first-order valence-corrected chi connectivity index (χ1v) is 13.3. The van der Waals surface area contributed by atoms with Crippen LogP contribution in [0.2, 0.25) is 5.02 Å². The van der Waals surface area contributed by atoms with E-state index < -0.39 is 0 Å². The van der Waals surface area contributed by atoms with Crippen LogP contribution in [0.15, 0.2) is 54.3 Å². The Labute approximate surface area is 218 Å². The number of benzene rings is 2. The zero-order valence-corrected chi connectivity index (χ0v) is 21.8. The number of unbranched alkanes of at least 4 members (excludes halogenated alkanes) is 1. The van der Waals surface area contributed by atoms with E-state index in [0.717, 1.165) is 55.4 Å². The number of fused-ring (bicyclic) bond motifs is 1. The van der Waals surface area contributed by atoms with Crippen molar-refractivity contribution in [2.45, 2.75) is 70.6 Å². The van der Waals surface area contributed by atoms with E-state index in [-0.39, 0.29) is 42.3 Å². The van der Waals surface area contributed by atoms with Gasteiger partial charge in [-0.05, 0) is 74.1 Å². The molecule has 7 heteroatoms. The molecule has 1 heterocycles. The van der Waals surface area contributed by atoms with Crippen LogP contribution in [0.5, 0.6) is 5.75 Å². The molecule has 2 aliphatic rings. The standard InChI is InChI=1S/C29H35ClN2O4/c1-3-4-16-35-24-14-12-22(13-15-24)20(2)31-28(33)19-32-25-10-5-6-11-26(25)36-27(29(32)34)18-21-8-7-9-23(30)17-21/h7-9,12-15,17-18,20,25-26H,3-6,10-11,16,19H2,1-2H3,(H,31,33)/b27-18+. The molecule has 2 aromatic rings. The molecule has 2 aromatic carbocycles. The van der Waals surface area contributed by atoms with Crippen molar-refractivity contribution < 1.29 is 19.1 Å². The quantitative estimate of drug-likeness (QED) is 0.336. The third-order valence-corrected chi connectivity index (χ3v) is 7.04. The number of ether oxygens (including phenoxy) is 2. The Hall–Kier alpha value is -2.99. The third kappa shape index (κ3) is 6.61. The van der Waals surface area contributed by atoms with Gasteiger partial charge in [0.05, 0.1) is 18.7 Å². The van der Waals surface area contributed by atoms with Crippen LogP contribution in [0.25, 0.3) is 6.08 Å². The van der Waals surface area contributed by atoms with Crippen molar-refractivity contribution in [3.63, 3.8) is 0 Å². The minimum Gasteiger partial charge on any atom is -0.494 e. The normalized spacial score (nSPS) is 21.5. The minimum absolute atomic E-state index is 0.00119. The lowest BCUT2D eigenvalue weighted by molar-refractivity contribution is -0.152. The molecule has 1 N–H and O–H groups in total. The van der Waals surface area contributed by atoms with Crippen molar-refractivity contribution >= 4 is 29.5 Å². The van der Waals surface area contributed by atoms with Gasteiger partial charge >= 0.3 is 0 Å². The molecule has 1 saturated carbocycles. The van der Waals surface area contributed by atoms with Crippen LogP contribution in [0.3, 0.4) is 0 Å². The van der Waals surface area contributed by atoms with Gasteiger partial charge in [-0.15, -0.1) is 0 Å². The lowest BCUT2D eigenvalue weighted by atomic mass is 9.89. The summed E-state index contributed by atoms with van der Waals surface area (Å²) in [5, 5.41) is 3.64. The smallest absolute Gasteiger partial charge is 0.289 e. The molecule has 0 aromatic heterocycles. The SMILES string of the molecule is CCCCOc1ccc(C(C)NC(=O)CN2C(=O)/C(=C\c3cccc(Cl)c3)OC3CCCCC32)cc1. The summed E-state index contributed by atoms with van der Waals surface area (Å²) >= 11 is 6.12. The van der Waals surface area contributed by atoms with E-state index >= 15 is 0 Å². The highest BCUT2D eigenvalue weighted by Crippen LogP contribution is 2.33. The molecular weight excluding hydrogens is 476 g/mol. The second-order valence-electron chi connectivity index (χ2n) is 9.57. The zero-order chi connectivity index (χ0) is 25.5. The summed E-state index contributed by atoms with van der Waals surface area (Å²) in [4.78, 5) is 28.2. The maximum Gasteiger partial charge on any atom is 0.289 e. The summed E-state index contributed by atoms with van der Waals surface area (Å²) in [5.41, 5.74) is 1.77. The largest absolute Gasteiger partial charge is 0.494 e. The van der Waals surface area contributed by atoms with E-state index in [2.05, 4.69) is 12.2 Å². The lowest BCUT2D eigenvalue weighted by Crippen LogP contribution is -2.57. The number of carbonyl (C=O) groups is 2. The van der Waals surface area contributed by atoms with Crippen LogP contribution in [0.4, 0.5) is 0 Å². The molecule has 4 rings (SSSR count). The summed E-state index contributed by atoms with van der Waals surface area (Å²) in [6, 6.07) is 14.8. The lowest BCUT2D eigenvalue weighted by Gasteiger charge is -2.44. The highest BCUT2D eigenvalue weighted by atomic mass is 35.5. The van der Waals surface area contributed by atoms with Crippen molar-refractivity contribution in [1.29, 1.82) is 0 Å². The van der Waals surface area contributed by atoms with Gasteiger partial charge in [0, 0.05) is 5.02 Å². The van der Waals surface area contributed by atoms with Gasteiger partial charge in [-0.25, -0.2) is 0 Å². The molecule has 3 atom stereocenters. The fourth-order valence-corrected chi connectivity index (χ4v) is 5.02. The Bertz CT molecular complexity index is 1080. The Morgan fingerprint density at radius 1 is 1.22 bits per heavy atom. The fourth-order valence-electron chi connectivity index (χ4n) is 4.82. The van der Waals surface area contributed by atoms with Gasteiger partial charge in [0.1, 0.15) is 18.4 Å². The average Bonchev–Trinajstić information content (AvgIpc) is 2.87. The van der Waals surface area contributed by atoms with Crippen LogP contribution in [-0.2, 0) is 14.3 Å². The first kappa shape index (κ1) is 26.1. The van der Waals surface area contributed by atoms with Crippen molar-refractivity contribution in [2.24, 2.45) is 0 Å². The van der Waals surface area contributed by atoms with Gasteiger partial charge in [0.25, 0.3) is 5.91 Å². The maximum absolute atomic E-state index is 13.4. The van der Waals surface area contributed by atoms with Gasteiger partial charge in [0.15, 0.2) is 5.76 Å². The number of hydrogen-bond donors (Lipinski definition) is 1. The van der Waals surface area contributed by atoms with Gasteiger partial charge in [0.2, 0.25) is 5.91 Å². The predicted octanol–water partition coefficient (Wildman–Crippen LogP) is 5.91. The van der Waals surface area contributed by atoms with E-state index in [1.165, 1.54) is 0 Å². The van der Waals surface area contributed by atoms with Crippen LogP contribution < -0.4 is 10.1 Å². The maximum atomic E-state index is 13.4. The van der Waals surface area contributed by atoms with Crippen molar-refractivity contribution in [3.05, 3.63) is 70.4 Å². The molecule has 1 aliphatic carbocycles. The first-order valence-electron chi connectivity index (χ1n) is 12.9. The van der Waals surface area contributed by atoms with Crippen molar-refractivity contribution in [3.8, 4) is 5.75 Å². The molecule has 2 fully saturated rings. The predicted molar refractivity (Wildman–Crippen MR) is 142 cm³/mol. The Morgan fingerprint density at radius 3 is 2.75 bits per heavy atom. The number of halogens is 1. The number of hydrogen-bond acceptors (Lipinski definition) is 4. The van der Waals surface area contributed by atoms with E-state index in [0.29, 0.717) is 11.6 Å². The minimum atomic E-state index is -0.255. The van der Waals surface area contributed by atoms with Crippen LogP contribution >= 0.6 is 11.6 Å². The topological polar surface area (TPSA) is 67.9 Å². The van der Waals surface area contributed by atoms with E-state index in [1.54, 1.807) is 23.1 Å². The summed E-state index contributed by atoms with van der Waals surface area (Å²) in [5.74, 6) is 0.647. The summed E-state index contributed by atoms with van der Waals surface area (Å²) in [6.45, 7) is 4.77. The average molecular weight is 511 g/mol. The number of carbonyl (C=O) groups excluding carboxylic acids is 2. The fraction of sp³-hybridized carbons (Fsp3) is 0.448. The van der Waals surface area contributed by atoms with Gasteiger partial charge in [-0.2, -0.15) is 0 Å².